The number of nitrogens with two attached hydrogens (primary N) is 1. The molecule has 1 aromatic carbocycles. The maximum Gasteiger partial charge on any atom is 0.348 e. The molecule has 5 N–H and O–H groups in total. The second-order valence-corrected chi connectivity index (χ2v) is 9.75. The van der Waals surface area contributed by atoms with E-state index in [4.69, 9.17) is 10.7 Å². The number of thiophene rings is 1. The van der Waals surface area contributed by atoms with E-state index in [0.717, 1.165) is 66.9 Å². The molecule has 4 rings (SSSR count). The first kappa shape index (κ1) is 24.8. The fourth-order valence-electron chi connectivity index (χ4n) is 4.50. The Morgan fingerprint density at radius 3 is 2.63 bits per heavy atom. The van der Waals surface area contributed by atoms with E-state index in [9.17, 15) is 25.1 Å². The van der Waals surface area contributed by atoms with Crippen molar-refractivity contribution < 1.29 is 19.9 Å². The Morgan fingerprint density at radius 1 is 1.34 bits per heavy atom. The third kappa shape index (κ3) is 5.37. The summed E-state index contributed by atoms with van der Waals surface area (Å²) in [5.41, 5.74) is 8.12. The fourth-order valence-corrected chi connectivity index (χ4v) is 5.47. The Balaban J connectivity index is 1.39. The number of piperidine rings is 1. The van der Waals surface area contributed by atoms with Crippen LogP contribution in [0.1, 0.15) is 53.1 Å². The molecule has 0 saturated carbocycles. The number of aryl methyl sites for hydroxylation is 1. The highest BCUT2D eigenvalue weighted by atomic mass is 32.1. The number of aromatic carboxylic acids is 1. The minimum Gasteiger partial charge on any atom is -0.477 e. The van der Waals surface area contributed by atoms with Crippen molar-refractivity contribution in [2.45, 2.75) is 44.8 Å². The molecule has 1 aliphatic heterocycles. The van der Waals surface area contributed by atoms with Crippen molar-refractivity contribution in [3.8, 4) is 0 Å². The number of carbonyl (C=O) groups is 1. The van der Waals surface area contributed by atoms with Gasteiger partial charge in [-0.2, -0.15) is 0 Å². The number of nitrogen functional groups attached to an aromatic ring is 1. The van der Waals surface area contributed by atoms with Crippen LogP contribution in [0.15, 0.2) is 30.3 Å². The highest BCUT2D eigenvalue weighted by Crippen LogP contribution is 2.37. The third-order valence-electron chi connectivity index (χ3n) is 6.39. The number of hydrogen-bond acceptors (Lipinski definition) is 9. The zero-order valence-corrected chi connectivity index (χ0v) is 20.3. The first-order valence-corrected chi connectivity index (χ1v) is 12.5. The number of carboxylic acids is 1. The summed E-state index contributed by atoms with van der Waals surface area (Å²) in [7, 11) is 0. The Kier molecular flexibility index (Phi) is 7.48. The molecule has 0 bridgehead atoms. The molecular formula is C24H29N5O5S. The molecule has 0 spiro atoms. The largest absolute Gasteiger partial charge is 0.477 e. The van der Waals surface area contributed by atoms with Crippen LogP contribution in [0.5, 0.6) is 0 Å². The summed E-state index contributed by atoms with van der Waals surface area (Å²) in [5, 5.41) is 34.9. The number of aliphatic hydroxyl groups is 1. The van der Waals surface area contributed by atoms with Gasteiger partial charge in [-0.1, -0.05) is 13.3 Å². The number of aromatic nitrogens is 1. The van der Waals surface area contributed by atoms with Crippen LogP contribution in [-0.2, 0) is 6.42 Å². The van der Waals surface area contributed by atoms with Crippen molar-refractivity contribution in [2.75, 3.05) is 30.3 Å². The molecule has 2 aromatic heterocycles. The van der Waals surface area contributed by atoms with Gasteiger partial charge in [0.15, 0.2) is 0 Å². The maximum absolute atomic E-state index is 11.6. The lowest BCUT2D eigenvalue weighted by atomic mass is 10.0. The van der Waals surface area contributed by atoms with Gasteiger partial charge in [-0.3, -0.25) is 10.1 Å². The first-order valence-electron chi connectivity index (χ1n) is 11.6. The minimum absolute atomic E-state index is 0.000378. The molecule has 11 heteroatoms. The van der Waals surface area contributed by atoms with Crippen molar-refractivity contribution >= 4 is 44.7 Å². The lowest BCUT2D eigenvalue weighted by molar-refractivity contribution is -0.384. The molecule has 1 saturated heterocycles. The summed E-state index contributed by atoms with van der Waals surface area (Å²) in [6.45, 7) is 4.00. The number of nitro groups is 1. The van der Waals surface area contributed by atoms with Gasteiger partial charge in [0.2, 0.25) is 0 Å². The molecular weight excluding hydrogens is 470 g/mol. The summed E-state index contributed by atoms with van der Waals surface area (Å²) < 4.78 is 0. The Bertz CT molecular complexity index is 1220. The lowest BCUT2D eigenvalue weighted by Gasteiger charge is -2.34. The minimum atomic E-state index is -1.03. The number of anilines is 2. The maximum atomic E-state index is 11.6. The number of nitrogens with zero attached hydrogens (tertiary/aromatic N) is 3. The van der Waals surface area contributed by atoms with Gasteiger partial charge >= 0.3 is 5.97 Å². The number of nitrogens with one attached hydrogen (secondary N) is 1. The molecule has 1 unspecified atom stereocenters. The highest BCUT2D eigenvalue weighted by molar-refractivity contribution is 7.21. The van der Waals surface area contributed by atoms with E-state index in [1.165, 1.54) is 12.1 Å². The van der Waals surface area contributed by atoms with Crippen LogP contribution in [0, 0.1) is 10.1 Å². The average Bonchev–Trinajstić information content (AvgIpc) is 3.20. The van der Waals surface area contributed by atoms with Gasteiger partial charge in [0.25, 0.3) is 5.69 Å². The summed E-state index contributed by atoms with van der Waals surface area (Å²) in [5.74, 6) is -0.194. The van der Waals surface area contributed by atoms with Crippen LogP contribution in [0.2, 0.25) is 0 Å². The van der Waals surface area contributed by atoms with Gasteiger partial charge in [-0.15, -0.1) is 11.3 Å². The SMILES string of the molecule is CCCc1cc(N2CCC(NCC(O)c3ccc([N+](=O)[O-])cc3)CC2)nc2sc(C(=O)O)c(N)c12. The van der Waals surface area contributed by atoms with Gasteiger partial charge in [0, 0.05) is 43.2 Å². The van der Waals surface area contributed by atoms with Crippen molar-refractivity contribution in [3.63, 3.8) is 0 Å². The van der Waals surface area contributed by atoms with E-state index >= 15 is 0 Å². The predicted molar refractivity (Wildman–Crippen MR) is 136 cm³/mol. The third-order valence-corrected chi connectivity index (χ3v) is 7.48. The lowest BCUT2D eigenvalue weighted by Crippen LogP contribution is -2.44. The van der Waals surface area contributed by atoms with Gasteiger partial charge in [-0.25, -0.2) is 9.78 Å². The molecule has 1 aliphatic rings. The number of hydrogen-bond donors (Lipinski definition) is 4. The van der Waals surface area contributed by atoms with Crippen LogP contribution in [0.3, 0.4) is 0 Å². The monoisotopic (exact) mass is 499 g/mol. The van der Waals surface area contributed by atoms with Gasteiger partial charge in [-0.05, 0) is 48.6 Å². The highest BCUT2D eigenvalue weighted by Gasteiger charge is 2.24. The summed E-state index contributed by atoms with van der Waals surface area (Å²) in [4.78, 5) is 29.7. The number of nitro benzene ring substituents is 1. The number of aliphatic hydroxyl groups excluding tert-OH is 1. The topological polar surface area (TPSA) is 155 Å². The van der Waals surface area contributed by atoms with E-state index in [1.807, 2.05) is 6.07 Å². The molecule has 35 heavy (non-hydrogen) atoms. The molecule has 186 valence electrons. The molecule has 0 aliphatic carbocycles. The first-order chi connectivity index (χ1) is 16.8. The number of benzene rings is 1. The van der Waals surface area contributed by atoms with Crippen LogP contribution < -0.4 is 16.0 Å². The van der Waals surface area contributed by atoms with Crippen LogP contribution in [0.4, 0.5) is 17.2 Å². The van der Waals surface area contributed by atoms with E-state index < -0.39 is 17.0 Å². The molecule has 10 nitrogen and oxygen atoms in total. The summed E-state index contributed by atoms with van der Waals surface area (Å²) >= 11 is 1.12. The van der Waals surface area contributed by atoms with E-state index in [2.05, 4.69) is 17.1 Å². The number of non-ortho nitro benzene ring substituents is 1. The van der Waals surface area contributed by atoms with E-state index in [-0.39, 0.29) is 16.6 Å². The van der Waals surface area contributed by atoms with Crippen LogP contribution >= 0.6 is 11.3 Å². The Labute approximate surface area is 206 Å². The van der Waals surface area contributed by atoms with Crippen LogP contribution in [0.25, 0.3) is 10.2 Å². The second kappa shape index (κ2) is 10.5. The molecule has 0 radical (unpaired) electrons. The number of fused-ring (bicyclic) bond motifs is 1. The van der Waals surface area contributed by atoms with Crippen molar-refractivity contribution in [2.24, 2.45) is 0 Å². The average molecular weight is 500 g/mol. The molecule has 0 amide bonds. The summed E-state index contributed by atoms with van der Waals surface area (Å²) in [6.07, 6.45) is 2.69. The smallest absolute Gasteiger partial charge is 0.348 e. The number of carboxylic acid groups (broad SMARTS) is 1. The second-order valence-electron chi connectivity index (χ2n) is 8.75. The predicted octanol–water partition coefficient (Wildman–Crippen LogP) is 3.73. The molecule has 1 atom stereocenters. The van der Waals surface area contributed by atoms with Crippen molar-refractivity contribution in [3.05, 3.63) is 56.5 Å². The Morgan fingerprint density at radius 2 is 2.03 bits per heavy atom. The van der Waals surface area contributed by atoms with E-state index in [1.54, 1.807) is 12.1 Å². The fraction of sp³-hybridized carbons (Fsp3) is 0.417. The standard InChI is InChI=1S/C24H29N5O5S/c1-2-3-15-12-19(27-23-20(15)21(25)22(35-23)24(31)32)28-10-8-16(9-11-28)26-13-18(30)14-4-6-17(7-5-14)29(33)34/h4-7,12,16,18,26,30H,2-3,8-11,13,25H2,1H3,(H,31,32). The zero-order valence-electron chi connectivity index (χ0n) is 19.4. The van der Waals surface area contributed by atoms with Gasteiger partial charge < -0.3 is 26.2 Å². The van der Waals surface area contributed by atoms with Crippen molar-refractivity contribution in [1.82, 2.24) is 10.3 Å². The normalized spacial score (nSPS) is 15.4. The molecule has 3 heterocycles. The Hall–Kier alpha value is -3.28. The zero-order chi connectivity index (χ0) is 25.1. The quantitative estimate of drug-likeness (QED) is 0.254. The van der Waals surface area contributed by atoms with Crippen LogP contribution in [-0.4, -0.2) is 51.8 Å². The molecule has 3 aromatic rings. The van der Waals surface area contributed by atoms with E-state index in [0.29, 0.717) is 22.6 Å². The number of rotatable bonds is 9. The molecule has 1 fully saturated rings. The van der Waals surface area contributed by atoms with Gasteiger partial charge in [0.1, 0.15) is 15.5 Å². The van der Waals surface area contributed by atoms with Crippen molar-refractivity contribution in [1.29, 1.82) is 0 Å². The van der Waals surface area contributed by atoms with Gasteiger partial charge in [0.05, 0.1) is 16.7 Å². The summed E-state index contributed by atoms with van der Waals surface area (Å²) in [6, 6.07) is 8.22. The number of pyridine rings is 1.